The zero-order chi connectivity index (χ0) is 16.4. The van der Waals surface area contributed by atoms with Crippen LogP contribution in [0.1, 0.15) is 11.1 Å². The summed E-state index contributed by atoms with van der Waals surface area (Å²) in [6.07, 6.45) is 9.26. The lowest BCUT2D eigenvalue weighted by Gasteiger charge is -2.11. The van der Waals surface area contributed by atoms with Gasteiger partial charge in [0.05, 0.1) is 0 Å². The number of rotatable bonds is 4. The van der Waals surface area contributed by atoms with Gasteiger partial charge in [-0.3, -0.25) is 9.97 Å². The van der Waals surface area contributed by atoms with E-state index in [2.05, 4.69) is 44.3 Å². The summed E-state index contributed by atoms with van der Waals surface area (Å²) in [7, 11) is 0. The van der Waals surface area contributed by atoms with E-state index in [1.54, 1.807) is 6.20 Å². The average Bonchev–Trinajstić information content (AvgIpc) is 3.09. The molecular weight excluding hydrogens is 298 g/mol. The third kappa shape index (κ3) is 2.72. The number of aromatic amines is 1. The predicted molar refractivity (Wildman–Crippen MR) is 95.6 cm³/mol. The molecule has 4 aromatic rings. The molecule has 0 spiro atoms. The summed E-state index contributed by atoms with van der Waals surface area (Å²) in [5, 5.41) is 4.49. The first-order chi connectivity index (χ1) is 11.8. The maximum Gasteiger partial charge on any atom is 0.140 e. The maximum absolute atomic E-state index is 4.66. The third-order valence-corrected chi connectivity index (χ3v) is 4.04. The Labute approximate surface area is 139 Å². The first-order valence-electron chi connectivity index (χ1n) is 7.83. The van der Waals surface area contributed by atoms with Crippen molar-refractivity contribution < 1.29 is 0 Å². The highest BCUT2D eigenvalue weighted by Crippen LogP contribution is 2.31. The second kappa shape index (κ2) is 6.12. The summed E-state index contributed by atoms with van der Waals surface area (Å²) in [6.45, 7) is 2.76. The van der Waals surface area contributed by atoms with Crippen LogP contribution in [0, 0.1) is 6.92 Å². The van der Waals surface area contributed by atoms with Gasteiger partial charge in [0.25, 0.3) is 0 Å². The fourth-order valence-electron chi connectivity index (χ4n) is 2.82. The number of pyridine rings is 3. The van der Waals surface area contributed by atoms with E-state index >= 15 is 0 Å². The van der Waals surface area contributed by atoms with Crippen molar-refractivity contribution in [3.63, 3.8) is 0 Å². The molecule has 118 valence electrons. The molecule has 0 amide bonds. The highest BCUT2D eigenvalue weighted by Gasteiger charge is 2.10. The SMILES string of the molecule is Cc1cnccc1-c1cc(NCc2cccnc2)nc2[nH]ccc12. The number of aromatic nitrogens is 4. The van der Waals surface area contributed by atoms with Gasteiger partial charge in [-0.15, -0.1) is 0 Å². The Bertz CT molecular complexity index is 975. The van der Waals surface area contributed by atoms with Gasteiger partial charge in [0, 0.05) is 42.9 Å². The van der Waals surface area contributed by atoms with Gasteiger partial charge in [-0.2, -0.15) is 0 Å². The lowest BCUT2D eigenvalue weighted by Crippen LogP contribution is -2.02. The number of nitrogens with one attached hydrogen (secondary N) is 2. The summed E-state index contributed by atoms with van der Waals surface area (Å²) in [5.74, 6) is 0.833. The van der Waals surface area contributed by atoms with E-state index in [0.29, 0.717) is 6.54 Å². The fraction of sp³-hybridized carbons (Fsp3) is 0.105. The summed E-state index contributed by atoms with van der Waals surface area (Å²) >= 11 is 0. The quantitative estimate of drug-likeness (QED) is 0.598. The van der Waals surface area contributed by atoms with Crippen molar-refractivity contribution in [2.45, 2.75) is 13.5 Å². The van der Waals surface area contributed by atoms with Crippen molar-refractivity contribution >= 4 is 16.9 Å². The van der Waals surface area contributed by atoms with E-state index in [-0.39, 0.29) is 0 Å². The molecule has 0 atom stereocenters. The topological polar surface area (TPSA) is 66.5 Å². The standard InChI is InChI=1S/C19H17N5/c1-13-10-21-7-4-15(13)17-9-18(24-19-16(17)5-8-22-19)23-12-14-3-2-6-20-11-14/h2-11H,12H2,1H3,(H2,22,23,24). The molecule has 5 nitrogen and oxygen atoms in total. The Morgan fingerprint density at radius 2 is 1.96 bits per heavy atom. The molecule has 4 rings (SSSR count). The van der Waals surface area contributed by atoms with E-state index in [0.717, 1.165) is 33.5 Å². The van der Waals surface area contributed by atoms with Crippen LogP contribution in [-0.2, 0) is 6.54 Å². The van der Waals surface area contributed by atoms with Crippen LogP contribution in [-0.4, -0.2) is 19.9 Å². The molecule has 24 heavy (non-hydrogen) atoms. The molecule has 0 aromatic carbocycles. The van der Waals surface area contributed by atoms with Gasteiger partial charge in [0.2, 0.25) is 0 Å². The van der Waals surface area contributed by atoms with Crippen LogP contribution in [0.15, 0.2) is 61.3 Å². The molecule has 5 heteroatoms. The van der Waals surface area contributed by atoms with Crippen molar-refractivity contribution in [2.75, 3.05) is 5.32 Å². The molecule has 0 saturated carbocycles. The second-order valence-corrected chi connectivity index (χ2v) is 5.70. The minimum Gasteiger partial charge on any atom is -0.366 e. The zero-order valence-corrected chi connectivity index (χ0v) is 13.3. The van der Waals surface area contributed by atoms with Gasteiger partial charge < -0.3 is 10.3 Å². The number of hydrogen-bond acceptors (Lipinski definition) is 4. The van der Waals surface area contributed by atoms with Crippen LogP contribution < -0.4 is 5.32 Å². The minimum absolute atomic E-state index is 0.682. The van der Waals surface area contributed by atoms with Crippen LogP contribution in [0.25, 0.3) is 22.2 Å². The van der Waals surface area contributed by atoms with Crippen molar-refractivity contribution in [2.24, 2.45) is 0 Å². The van der Waals surface area contributed by atoms with Crippen molar-refractivity contribution in [3.05, 3.63) is 72.4 Å². The molecular formula is C19H17N5. The normalized spacial score (nSPS) is 10.9. The smallest absolute Gasteiger partial charge is 0.140 e. The van der Waals surface area contributed by atoms with Gasteiger partial charge in [-0.05, 0) is 53.4 Å². The Morgan fingerprint density at radius 3 is 2.79 bits per heavy atom. The van der Waals surface area contributed by atoms with Crippen LogP contribution in [0.5, 0.6) is 0 Å². The number of anilines is 1. The summed E-state index contributed by atoms with van der Waals surface area (Å²) in [5.41, 5.74) is 5.45. The molecule has 4 heterocycles. The molecule has 0 saturated heterocycles. The second-order valence-electron chi connectivity index (χ2n) is 5.70. The van der Waals surface area contributed by atoms with Gasteiger partial charge >= 0.3 is 0 Å². The molecule has 0 bridgehead atoms. The van der Waals surface area contributed by atoms with Crippen LogP contribution in [0.4, 0.5) is 5.82 Å². The maximum atomic E-state index is 4.66. The number of nitrogens with zero attached hydrogens (tertiary/aromatic N) is 3. The van der Waals surface area contributed by atoms with E-state index in [1.165, 1.54) is 5.56 Å². The Hall–Kier alpha value is -3.21. The van der Waals surface area contributed by atoms with E-state index in [1.807, 2.05) is 43.0 Å². The van der Waals surface area contributed by atoms with Crippen molar-refractivity contribution in [1.29, 1.82) is 0 Å². The van der Waals surface area contributed by atoms with Crippen LogP contribution in [0.2, 0.25) is 0 Å². The van der Waals surface area contributed by atoms with E-state index < -0.39 is 0 Å². The molecule has 0 radical (unpaired) electrons. The number of aryl methyl sites for hydroxylation is 1. The molecule has 0 unspecified atom stereocenters. The van der Waals surface area contributed by atoms with E-state index in [9.17, 15) is 0 Å². The molecule has 2 N–H and O–H groups in total. The highest BCUT2D eigenvalue weighted by molar-refractivity contribution is 5.95. The monoisotopic (exact) mass is 315 g/mol. The predicted octanol–water partition coefficient (Wildman–Crippen LogP) is 3.94. The molecule has 0 aliphatic heterocycles. The van der Waals surface area contributed by atoms with Gasteiger partial charge in [0.15, 0.2) is 0 Å². The Balaban J connectivity index is 1.74. The number of H-pyrrole nitrogens is 1. The summed E-state index contributed by atoms with van der Waals surface area (Å²) in [4.78, 5) is 16.2. The lowest BCUT2D eigenvalue weighted by atomic mass is 10.0. The van der Waals surface area contributed by atoms with Gasteiger partial charge in [0.1, 0.15) is 11.5 Å². The Kier molecular flexibility index (Phi) is 3.67. The average molecular weight is 315 g/mol. The van der Waals surface area contributed by atoms with Crippen LogP contribution >= 0.6 is 0 Å². The van der Waals surface area contributed by atoms with E-state index in [4.69, 9.17) is 0 Å². The first kappa shape index (κ1) is 14.4. The third-order valence-electron chi connectivity index (χ3n) is 4.04. The van der Waals surface area contributed by atoms with Gasteiger partial charge in [-0.25, -0.2) is 4.98 Å². The van der Waals surface area contributed by atoms with Crippen molar-refractivity contribution in [1.82, 2.24) is 19.9 Å². The van der Waals surface area contributed by atoms with Crippen molar-refractivity contribution in [3.8, 4) is 11.1 Å². The highest BCUT2D eigenvalue weighted by atomic mass is 15.0. The number of hydrogen-bond donors (Lipinski definition) is 2. The summed E-state index contributed by atoms with van der Waals surface area (Å²) in [6, 6.07) is 10.2. The molecule has 0 aliphatic rings. The lowest BCUT2D eigenvalue weighted by molar-refractivity contribution is 1.09. The van der Waals surface area contributed by atoms with Crippen LogP contribution in [0.3, 0.4) is 0 Å². The summed E-state index contributed by atoms with van der Waals surface area (Å²) < 4.78 is 0. The van der Waals surface area contributed by atoms with Gasteiger partial charge in [-0.1, -0.05) is 6.07 Å². The molecule has 0 fully saturated rings. The largest absolute Gasteiger partial charge is 0.366 e. The number of fused-ring (bicyclic) bond motifs is 1. The zero-order valence-electron chi connectivity index (χ0n) is 13.3. The minimum atomic E-state index is 0.682. The fourth-order valence-corrected chi connectivity index (χ4v) is 2.82. The molecule has 4 aromatic heterocycles. The molecule has 0 aliphatic carbocycles. The first-order valence-corrected chi connectivity index (χ1v) is 7.83. The Morgan fingerprint density at radius 1 is 1.04 bits per heavy atom.